The van der Waals surface area contributed by atoms with Crippen LogP contribution in [0.3, 0.4) is 0 Å². The van der Waals surface area contributed by atoms with Gasteiger partial charge in [-0.15, -0.1) is 0 Å². The van der Waals surface area contributed by atoms with Gasteiger partial charge in [0, 0.05) is 12.6 Å². The molecule has 0 unspecified atom stereocenters. The molecule has 0 saturated heterocycles. The van der Waals surface area contributed by atoms with Crippen molar-refractivity contribution in [2.24, 2.45) is 0 Å². The van der Waals surface area contributed by atoms with Crippen molar-refractivity contribution in [2.45, 2.75) is 0 Å². The normalized spacial score (nSPS) is 14.9. The van der Waals surface area contributed by atoms with Crippen LogP contribution in [-0.2, 0) is 0 Å². The van der Waals surface area contributed by atoms with Crippen molar-refractivity contribution in [3.05, 3.63) is 24.0 Å². The number of anilines is 1. The average Bonchev–Trinajstić information content (AvgIpc) is 2.19. The first-order valence-corrected chi connectivity index (χ1v) is 4.59. The molecule has 0 aliphatic carbocycles. The highest BCUT2D eigenvalue weighted by Crippen LogP contribution is 2.31. The highest BCUT2D eigenvalue weighted by Gasteiger charge is 2.17. The van der Waals surface area contributed by atoms with Crippen LogP contribution in [0.5, 0.6) is 5.75 Å². The molecule has 0 spiro atoms. The first kappa shape index (κ1) is 9.27. The molecule has 1 aromatic rings. The molecule has 1 aliphatic heterocycles. The number of aliphatic hydroxyl groups excluding tert-OH is 1. The molecule has 0 atom stereocenters. The molecule has 0 radical (unpaired) electrons. The van der Waals surface area contributed by atoms with Gasteiger partial charge in [0.05, 0.1) is 18.8 Å². The Kier molecular flexibility index (Phi) is 2.54. The number of ether oxygens (including phenoxy) is 1. The van der Waals surface area contributed by atoms with Crippen LogP contribution in [0.25, 0.3) is 0 Å². The van der Waals surface area contributed by atoms with Gasteiger partial charge in [-0.3, -0.25) is 0 Å². The Morgan fingerprint density at radius 2 is 2.36 bits per heavy atom. The average molecular weight is 197 g/mol. The topological polar surface area (TPSA) is 32.7 Å². The van der Waals surface area contributed by atoms with Gasteiger partial charge >= 0.3 is 0 Å². The van der Waals surface area contributed by atoms with Crippen LogP contribution >= 0.6 is 0 Å². The lowest BCUT2D eigenvalue weighted by atomic mass is 10.2. The number of benzene rings is 1. The van der Waals surface area contributed by atoms with Crippen molar-refractivity contribution in [1.82, 2.24) is 0 Å². The summed E-state index contributed by atoms with van der Waals surface area (Å²) in [7, 11) is 0. The molecule has 2 rings (SSSR count). The van der Waals surface area contributed by atoms with Crippen molar-refractivity contribution in [3.63, 3.8) is 0 Å². The highest BCUT2D eigenvalue weighted by atomic mass is 19.1. The zero-order valence-electron chi connectivity index (χ0n) is 7.74. The van der Waals surface area contributed by atoms with Crippen LogP contribution in [-0.4, -0.2) is 31.4 Å². The van der Waals surface area contributed by atoms with Crippen LogP contribution < -0.4 is 9.64 Å². The summed E-state index contributed by atoms with van der Waals surface area (Å²) in [6.45, 7) is 1.85. The second-order valence-corrected chi connectivity index (χ2v) is 3.17. The third kappa shape index (κ3) is 1.65. The van der Waals surface area contributed by atoms with Crippen molar-refractivity contribution in [1.29, 1.82) is 0 Å². The van der Waals surface area contributed by atoms with Crippen LogP contribution in [0.15, 0.2) is 18.2 Å². The van der Waals surface area contributed by atoms with E-state index in [1.165, 1.54) is 12.1 Å². The number of hydrogen-bond acceptors (Lipinski definition) is 3. The smallest absolute Gasteiger partial charge is 0.142 e. The maximum atomic E-state index is 13.0. The Morgan fingerprint density at radius 3 is 3.14 bits per heavy atom. The number of fused-ring (bicyclic) bond motifs is 1. The molecule has 0 amide bonds. The molecular formula is C10H12FNO2. The fourth-order valence-corrected chi connectivity index (χ4v) is 1.60. The van der Waals surface area contributed by atoms with Crippen LogP contribution in [0.1, 0.15) is 0 Å². The summed E-state index contributed by atoms with van der Waals surface area (Å²) in [5.41, 5.74) is 0.727. The summed E-state index contributed by atoms with van der Waals surface area (Å²) in [6, 6.07) is 4.43. The van der Waals surface area contributed by atoms with Gasteiger partial charge in [0.15, 0.2) is 0 Å². The maximum absolute atomic E-state index is 13.0. The molecule has 0 aromatic heterocycles. The SMILES string of the molecule is OCCN1CCOc2ccc(F)cc21. The van der Waals surface area contributed by atoms with E-state index in [4.69, 9.17) is 9.84 Å². The van der Waals surface area contributed by atoms with Gasteiger partial charge in [0.25, 0.3) is 0 Å². The number of β-amino-alcohol motifs (C(OH)–C–C–N with tert-alkyl or cyclic N) is 1. The monoisotopic (exact) mass is 197 g/mol. The summed E-state index contributed by atoms with van der Waals surface area (Å²) in [4.78, 5) is 1.92. The second kappa shape index (κ2) is 3.84. The van der Waals surface area contributed by atoms with E-state index in [0.29, 0.717) is 25.4 Å². The standard InChI is InChI=1S/C10H12FNO2/c11-8-1-2-10-9(7-8)12(3-5-13)4-6-14-10/h1-2,7,13H,3-6H2. The Balaban J connectivity index is 2.32. The van der Waals surface area contributed by atoms with Gasteiger partial charge in [-0.25, -0.2) is 4.39 Å². The summed E-state index contributed by atoms with van der Waals surface area (Å²) < 4.78 is 18.3. The number of rotatable bonds is 2. The quantitative estimate of drug-likeness (QED) is 0.768. The Labute approximate surface area is 81.7 Å². The van der Waals surface area contributed by atoms with Gasteiger partial charge in [-0.05, 0) is 12.1 Å². The summed E-state index contributed by atoms with van der Waals surface area (Å²) in [6.07, 6.45) is 0. The van der Waals surface area contributed by atoms with Crippen molar-refractivity contribution < 1.29 is 14.2 Å². The van der Waals surface area contributed by atoms with E-state index >= 15 is 0 Å². The molecule has 4 heteroatoms. The predicted octanol–water partition coefficient (Wildman–Crippen LogP) is 1.02. The fourth-order valence-electron chi connectivity index (χ4n) is 1.60. The van der Waals surface area contributed by atoms with E-state index in [1.807, 2.05) is 4.90 Å². The molecule has 1 aromatic carbocycles. The summed E-state index contributed by atoms with van der Waals surface area (Å²) in [5.74, 6) is 0.406. The van der Waals surface area contributed by atoms with E-state index in [9.17, 15) is 4.39 Å². The number of aliphatic hydroxyl groups is 1. The molecule has 1 aliphatic rings. The molecule has 14 heavy (non-hydrogen) atoms. The van der Waals surface area contributed by atoms with E-state index in [2.05, 4.69) is 0 Å². The minimum atomic E-state index is -0.280. The third-order valence-electron chi connectivity index (χ3n) is 2.25. The molecule has 1 heterocycles. The van der Waals surface area contributed by atoms with Gasteiger partial charge in [0.2, 0.25) is 0 Å². The Morgan fingerprint density at radius 1 is 1.50 bits per heavy atom. The number of halogens is 1. The molecule has 3 nitrogen and oxygen atoms in total. The van der Waals surface area contributed by atoms with E-state index in [0.717, 1.165) is 5.69 Å². The summed E-state index contributed by atoms with van der Waals surface area (Å²) >= 11 is 0. The predicted molar refractivity (Wildman–Crippen MR) is 51.2 cm³/mol. The van der Waals surface area contributed by atoms with Crippen LogP contribution in [0, 0.1) is 5.82 Å². The third-order valence-corrected chi connectivity index (χ3v) is 2.25. The maximum Gasteiger partial charge on any atom is 0.142 e. The number of nitrogens with zero attached hydrogens (tertiary/aromatic N) is 1. The van der Waals surface area contributed by atoms with E-state index in [-0.39, 0.29) is 12.4 Å². The lowest BCUT2D eigenvalue weighted by Gasteiger charge is -2.30. The van der Waals surface area contributed by atoms with Gasteiger partial charge in [-0.2, -0.15) is 0 Å². The summed E-state index contributed by atoms with van der Waals surface area (Å²) in [5, 5.41) is 8.84. The van der Waals surface area contributed by atoms with Crippen molar-refractivity contribution in [2.75, 3.05) is 31.2 Å². The zero-order valence-corrected chi connectivity index (χ0v) is 7.74. The highest BCUT2D eigenvalue weighted by molar-refractivity contribution is 5.59. The fraction of sp³-hybridized carbons (Fsp3) is 0.400. The van der Waals surface area contributed by atoms with Crippen LogP contribution in [0.4, 0.5) is 10.1 Å². The lowest BCUT2D eigenvalue weighted by Crippen LogP contribution is -2.34. The van der Waals surface area contributed by atoms with Crippen LogP contribution in [0.2, 0.25) is 0 Å². The van der Waals surface area contributed by atoms with E-state index < -0.39 is 0 Å². The first-order valence-electron chi connectivity index (χ1n) is 4.59. The molecule has 0 fully saturated rings. The van der Waals surface area contributed by atoms with Crippen molar-refractivity contribution in [3.8, 4) is 5.75 Å². The molecular weight excluding hydrogens is 185 g/mol. The lowest BCUT2D eigenvalue weighted by molar-refractivity contribution is 0.277. The van der Waals surface area contributed by atoms with Gasteiger partial charge in [0.1, 0.15) is 18.2 Å². The van der Waals surface area contributed by atoms with E-state index in [1.54, 1.807) is 6.07 Å². The van der Waals surface area contributed by atoms with Gasteiger partial charge < -0.3 is 14.7 Å². The molecule has 0 saturated carbocycles. The second-order valence-electron chi connectivity index (χ2n) is 3.17. The molecule has 0 bridgehead atoms. The minimum absolute atomic E-state index is 0.0654. The van der Waals surface area contributed by atoms with Crippen molar-refractivity contribution >= 4 is 5.69 Å². The Bertz CT molecular complexity index is 330. The molecule has 1 N–H and O–H groups in total. The minimum Gasteiger partial charge on any atom is -0.490 e. The number of hydrogen-bond donors (Lipinski definition) is 1. The zero-order chi connectivity index (χ0) is 9.97. The Hall–Kier alpha value is -1.29. The largest absolute Gasteiger partial charge is 0.490 e. The first-order chi connectivity index (χ1) is 6.81. The van der Waals surface area contributed by atoms with Gasteiger partial charge in [-0.1, -0.05) is 0 Å². The molecule has 76 valence electrons.